The third kappa shape index (κ3) is 5.52. The predicted molar refractivity (Wildman–Crippen MR) is 79.4 cm³/mol. The fraction of sp³-hybridized carbons (Fsp3) is 0.385. The highest BCUT2D eigenvalue weighted by molar-refractivity contribution is 5.95. The Bertz CT molecular complexity index is 591. The molecule has 10 heteroatoms. The largest absolute Gasteiger partial charge is 0.494 e. The van der Waals surface area contributed by atoms with Gasteiger partial charge in [0.2, 0.25) is 5.91 Å². The van der Waals surface area contributed by atoms with Crippen LogP contribution in [0, 0.1) is 10.1 Å². The number of hydrogen-bond donors (Lipinski definition) is 4. The van der Waals surface area contributed by atoms with Crippen LogP contribution in [-0.2, 0) is 9.59 Å². The molecule has 0 saturated carbocycles. The quantitative estimate of drug-likeness (QED) is 0.364. The van der Waals surface area contributed by atoms with E-state index in [-0.39, 0.29) is 36.7 Å². The number of ether oxygens (including phenoxy) is 1. The molecule has 0 heterocycles. The molecule has 1 atom stereocenters. The summed E-state index contributed by atoms with van der Waals surface area (Å²) in [6.07, 6.45) is -0.379. The van der Waals surface area contributed by atoms with E-state index < -0.39 is 22.8 Å². The molecular formula is C13H17N3O7. The number of benzene rings is 1. The lowest BCUT2D eigenvalue weighted by atomic mass is 10.2. The van der Waals surface area contributed by atoms with Gasteiger partial charge in [-0.2, -0.15) is 0 Å². The number of nitro groups is 1. The number of hydrogen-bond acceptors (Lipinski definition) is 7. The average Bonchev–Trinajstić information content (AvgIpc) is 2.51. The van der Waals surface area contributed by atoms with E-state index in [4.69, 9.17) is 14.9 Å². The third-order valence-electron chi connectivity index (χ3n) is 2.86. The molecular weight excluding hydrogens is 310 g/mol. The van der Waals surface area contributed by atoms with Gasteiger partial charge in [0.05, 0.1) is 36.8 Å². The highest BCUT2D eigenvalue weighted by Crippen LogP contribution is 2.29. The molecule has 0 saturated heterocycles. The molecule has 1 aromatic carbocycles. The van der Waals surface area contributed by atoms with Crippen LogP contribution in [0.1, 0.15) is 6.42 Å². The van der Waals surface area contributed by atoms with E-state index in [1.54, 1.807) is 0 Å². The zero-order valence-electron chi connectivity index (χ0n) is 12.3. The molecule has 4 N–H and O–H groups in total. The van der Waals surface area contributed by atoms with Crippen LogP contribution in [0.5, 0.6) is 5.75 Å². The van der Waals surface area contributed by atoms with E-state index in [9.17, 15) is 19.7 Å². The first-order valence-electron chi connectivity index (χ1n) is 6.58. The number of carboxylic acid groups (broad SMARTS) is 1. The summed E-state index contributed by atoms with van der Waals surface area (Å²) in [7, 11) is 1.29. The minimum atomic E-state index is -1.23. The van der Waals surface area contributed by atoms with Crippen LogP contribution in [0.25, 0.3) is 0 Å². The Balaban J connectivity index is 2.79. The minimum Gasteiger partial charge on any atom is -0.494 e. The summed E-state index contributed by atoms with van der Waals surface area (Å²) in [6.45, 7) is -0.229. The summed E-state index contributed by atoms with van der Waals surface area (Å²) in [5.74, 6) is -1.76. The van der Waals surface area contributed by atoms with Crippen molar-refractivity contribution in [2.24, 2.45) is 0 Å². The molecule has 0 bridgehead atoms. The van der Waals surface area contributed by atoms with Gasteiger partial charge in [-0.05, 0) is 6.07 Å². The Labute approximate surface area is 131 Å². The van der Waals surface area contributed by atoms with Gasteiger partial charge in [-0.25, -0.2) is 0 Å². The first kappa shape index (κ1) is 18.3. The van der Waals surface area contributed by atoms with Crippen molar-refractivity contribution >= 4 is 23.3 Å². The van der Waals surface area contributed by atoms with Crippen LogP contribution < -0.4 is 15.4 Å². The fourth-order valence-corrected chi connectivity index (χ4v) is 1.77. The number of carbonyl (C=O) groups is 2. The SMILES string of the molecule is COc1cc([N+](=O)[O-])ccc1NC(=O)CC(NCCO)C(=O)O. The molecule has 23 heavy (non-hydrogen) atoms. The van der Waals surface area contributed by atoms with Crippen LogP contribution in [0.2, 0.25) is 0 Å². The number of nitrogens with one attached hydrogen (secondary N) is 2. The van der Waals surface area contributed by atoms with Gasteiger partial charge in [0.1, 0.15) is 11.8 Å². The van der Waals surface area contributed by atoms with E-state index >= 15 is 0 Å². The number of anilines is 1. The Kier molecular flexibility index (Phi) is 6.90. The highest BCUT2D eigenvalue weighted by atomic mass is 16.6. The molecule has 1 rings (SSSR count). The number of amides is 1. The van der Waals surface area contributed by atoms with E-state index in [0.717, 1.165) is 6.07 Å². The zero-order valence-corrected chi connectivity index (χ0v) is 12.3. The van der Waals surface area contributed by atoms with E-state index in [2.05, 4.69) is 10.6 Å². The molecule has 1 amide bonds. The zero-order chi connectivity index (χ0) is 17.4. The van der Waals surface area contributed by atoms with Gasteiger partial charge in [0.15, 0.2) is 0 Å². The number of carboxylic acids is 1. The monoisotopic (exact) mass is 327 g/mol. The van der Waals surface area contributed by atoms with Crippen LogP contribution in [0.4, 0.5) is 11.4 Å². The second-order valence-electron chi connectivity index (χ2n) is 4.46. The van der Waals surface area contributed by atoms with Crippen LogP contribution >= 0.6 is 0 Å². The Morgan fingerprint density at radius 1 is 1.43 bits per heavy atom. The Morgan fingerprint density at radius 3 is 2.65 bits per heavy atom. The summed E-state index contributed by atoms with van der Waals surface area (Å²) in [4.78, 5) is 33.0. The Hall–Kier alpha value is -2.72. The summed E-state index contributed by atoms with van der Waals surface area (Å²) < 4.78 is 4.97. The summed E-state index contributed by atoms with van der Waals surface area (Å²) >= 11 is 0. The summed E-state index contributed by atoms with van der Waals surface area (Å²) in [5, 5.41) is 33.3. The van der Waals surface area contributed by atoms with Crippen molar-refractivity contribution in [3.63, 3.8) is 0 Å². The number of aliphatic hydroxyl groups excluding tert-OH is 1. The lowest BCUT2D eigenvalue weighted by molar-refractivity contribution is -0.384. The lowest BCUT2D eigenvalue weighted by Crippen LogP contribution is -2.41. The topological polar surface area (TPSA) is 151 Å². The van der Waals surface area contributed by atoms with Gasteiger partial charge >= 0.3 is 5.97 Å². The van der Waals surface area contributed by atoms with Crippen LogP contribution in [-0.4, -0.2) is 53.3 Å². The molecule has 0 spiro atoms. The van der Waals surface area contributed by atoms with Crippen molar-refractivity contribution in [3.8, 4) is 5.75 Å². The third-order valence-corrected chi connectivity index (χ3v) is 2.86. The number of carbonyl (C=O) groups excluding carboxylic acids is 1. The van der Waals surface area contributed by atoms with E-state index in [1.807, 2.05) is 0 Å². The summed E-state index contributed by atoms with van der Waals surface area (Å²) in [5.41, 5.74) is -0.0118. The predicted octanol–water partition coefficient (Wildman–Crippen LogP) is -0.0329. The molecule has 0 aliphatic rings. The van der Waals surface area contributed by atoms with Gasteiger partial charge in [-0.15, -0.1) is 0 Å². The van der Waals surface area contributed by atoms with Gasteiger partial charge in [-0.1, -0.05) is 0 Å². The number of methoxy groups -OCH3 is 1. The molecule has 1 unspecified atom stereocenters. The maximum Gasteiger partial charge on any atom is 0.321 e. The van der Waals surface area contributed by atoms with Crippen molar-refractivity contribution in [1.29, 1.82) is 0 Å². The van der Waals surface area contributed by atoms with E-state index in [0.29, 0.717) is 0 Å². The number of non-ortho nitro benzene ring substituents is 1. The molecule has 0 aliphatic carbocycles. The molecule has 1 aromatic rings. The van der Waals surface area contributed by atoms with Gasteiger partial charge < -0.3 is 25.6 Å². The fourth-order valence-electron chi connectivity index (χ4n) is 1.77. The van der Waals surface area contributed by atoms with Crippen LogP contribution in [0.15, 0.2) is 18.2 Å². The number of nitro benzene ring substituents is 1. The first-order chi connectivity index (χ1) is 10.9. The number of aliphatic hydroxyl groups is 1. The molecule has 0 aromatic heterocycles. The second kappa shape index (κ2) is 8.66. The number of nitrogens with zero attached hydrogens (tertiary/aromatic N) is 1. The molecule has 126 valence electrons. The van der Waals surface area contributed by atoms with Crippen molar-refractivity contribution in [2.45, 2.75) is 12.5 Å². The normalized spacial score (nSPS) is 11.6. The molecule has 0 fully saturated rings. The summed E-state index contributed by atoms with van der Waals surface area (Å²) in [6, 6.07) is 2.47. The van der Waals surface area contributed by atoms with Crippen molar-refractivity contribution in [3.05, 3.63) is 28.3 Å². The maximum atomic E-state index is 11.9. The standard InChI is InChI=1S/C13H17N3O7/c1-23-11-6-8(16(21)22)2-3-9(11)15-12(18)7-10(13(19)20)14-4-5-17/h2-3,6,10,14,17H,4-5,7H2,1H3,(H,15,18)(H,19,20). The smallest absolute Gasteiger partial charge is 0.321 e. The number of aliphatic carboxylic acids is 1. The average molecular weight is 327 g/mol. The van der Waals surface area contributed by atoms with E-state index in [1.165, 1.54) is 19.2 Å². The second-order valence-corrected chi connectivity index (χ2v) is 4.46. The van der Waals surface area contributed by atoms with Crippen LogP contribution in [0.3, 0.4) is 0 Å². The van der Waals surface area contributed by atoms with Gasteiger partial charge in [0.25, 0.3) is 5.69 Å². The van der Waals surface area contributed by atoms with Crippen molar-refractivity contribution in [2.75, 3.05) is 25.6 Å². The number of rotatable bonds is 9. The first-order valence-corrected chi connectivity index (χ1v) is 6.58. The minimum absolute atomic E-state index is 0.0328. The van der Waals surface area contributed by atoms with Gasteiger partial charge in [0, 0.05) is 12.6 Å². The molecule has 10 nitrogen and oxygen atoms in total. The van der Waals surface area contributed by atoms with Crippen molar-refractivity contribution in [1.82, 2.24) is 5.32 Å². The molecule has 0 radical (unpaired) electrons. The maximum absolute atomic E-state index is 11.9. The van der Waals surface area contributed by atoms with Gasteiger partial charge in [-0.3, -0.25) is 19.7 Å². The molecule has 0 aliphatic heterocycles. The Morgan fingerprint density at radius 2 is 2.13 bits per heavy atom. The highest BCUT2D eigenvalue weighted by Gasteiger charge is 2.21. The lowest BCUT2D eigenvalue weighted by Gasteiger charge is -2.14. The van der Waals surface area contributed by atoms with Crippen molar-refractivity contribution < 1.29 is 29.5 Å².